The van der Waals surface area contributed by atoms with E-state index in [2.05, 4.69) is 6.92 Å². The van der Waals surface area contributed by atoms with Crippen molar-refractivity contribution in [3.8, 4) is 0 Å². The lowest BCUT2D eigenvalue weighted by Gasteiger charge is -1.92. The molecule has 1 fully saturated rings. The normalized spacial score (nSPS) is 30.6. The summed E-state index contributed by atoms with van der Waals surface area (Å²) in [5.41, 5.74) is 0. The van der Waals surface area contributed by atoms with Crippen molar-refractivity contribution in [1.82, 2.24) is 0 Å². The van der Waals surface area contributed by atoms with Crippen LogP contribution in [0.4, 0.5) is 0 Å². The first-order chi connectivity index (χ1) is 4.88. The van der Waals surface area contributed by atoms with Gasteiger partial charge in [0.25, 0.3) is 0 Å². The second kappa shape index (κ2) is 3.94. The van der Waals surface area contributed by atoms with Crippen LogP contribution in [-0.4, -0.2) is 23.9 Å². The van der Waals surface area contributed by atoms with Crippen LogP contribution in [0.1, 0.15) is 32.6 Å². The Labute approximate surface area is 62.2 Å². The van der Waals surface area contributed by atoms with Gasteiger partial charge < -0.3 is 9.84 Å². The highest BCUT2D eigenvalue weighted by Gasteiger charge is 2.36. The molecule has 1 aliphatic heterocycles. The smallest absolute Gasteiger partial charge is 0.107 e. The summed E-state index contributed by atoms with van der Waals surface area (Å²) in [7, 11) is 0. The molecule has 0 amide bonds. The minimum atomic E-state index is 0.178. The quantitative estimate of drug-likeness (QED) is 0.466. The van der Waals surface area contributed by atoms with Gasteiger partial charge in [-0.05, 0) is 6.42 Å². The van der Waals surface area contributed by atoms with Gasteiger partial charge in [-0.25, -0.2) is 0 Å². The van der Waals surface area contributed by atoms with E-state index in [9.17, 15) is 0 Å². The predicted molar refractivity (Wildman–Crippen MR) is 39.9 cm³/mol. The van der Waals surface area contributed by atoms with Crippen molar-refractivity contribution in [2.45, 2.75) is 44.8 Å². The van der Waals surface area contributed by atoms with E-state index in [0.717, 1.165) is 6.42 Å². The van der Waals surface area contributed by atoms with Crippen LogP contribution in [0.3, 0.4) is 0 Å². The molecule has 1 aliphatic rings. The highest BCUT2D eigenvalue weighted by molar-refractivity contribution is 4.83. The first-order valence-electron chi connectivity index (χ1n) is 4.14. The molecule has 2 heteroatoms. The van der Waals surface area contributed by atoms with Crippen LogP contribution in [0, 0.1) is 0 Å². The summed E-state index contributed by atoms with van der Waals surface area (Å²) in [5, 5.41) is 8.61. The molecule has 0 spiro atoms. The fraction of sp³-hybridized carbons (Fsp3) is 1.00. The Balaban J connectivity index is 1.87. The monoisotopic (exact) mass is 144 g/mol. The number of aliphatic hydroxyl groups is 1. The number of aliphatic hydroxyl groups excluding tert-OH is 1. The predicted octanol–water partition coefficient (Wildman–Crippen LogP) is 1.33. The number of rotatable bonds is 5. The van der Waals surface area contributed by atoms with Crippen molar-refractivity contribution < 1.29 is 9.84 Å². The summed E-state index contributed by atoms with van der Waals surface area (Å²) < 4.78 is 5.16. The van der Waals surface area contributed by atoms with E-state index in [1.54, 1.807) is 0 Å². The van der Waals surface area contributed by atoms with Gasteiger partial charge in [0.2, 0.25) is 0 Å². The van der Waals surface area contributed by atoms with E-state index in [-0.39, 0.29) is 12.7 Å². The average molecular weight is 144 g/mol. The maximum absolute atomic E-state index is 8.61. The molecule has 1 heterocycles. The molecule has 10 heavy (non-hydrogen) atoms. The van der Waals surface area contributed by atoms with E-state index in [4.69, 9.17) is 9.84 Å². The molecule has 0 aromatic rings. The Kier molecular flexibility index (Phi) is 3.16. The first-order valence-corrected chi connectivity index (χ1v) is 4.14. The van der Waals surface area contributed by atoms with Gasteiger partial charge in [0, 0.05) is 0 Å². The molecule has 1 rings (SSSR count). The highest BCUT2D eigenvalue weighted by Crippen LogP contribution is 2.26. The fourth-order valence-corrected chi connectivity index (χ4v) is 1.19. The largest absolute Gasteiger partial charge is 0.394 e. The van der Waals surface area contributed by atoms with Crippen LogP contribution in [0.15, 0.2) is 0 Å². The molecule has 60 valence electrons. The molecule has 1 unspecified atom stereocenters. The van der Waals surface area contributed by atoms with Crippen molar-refractivity contribution in [1.29, 1.82) is 0 Å². The fourth-order valence-electron chi connectivity index (χ4n) is 1.19. The zero-order valence-corrected chi connectivity index (χ0v) is 6.55. The molecule has 0 aromatic heterocycles. The van der Waals surface area contributed by atoms with Crippen LogP contribution in [0.25, 0.3) is 0 Å². The zero-order valence-electron chi connectivity index (χ0n) is 6.55. The zero-order chi connectivity index (χ0) is 7.40. The van der Waals surface area contributed by atoms with Gasteiger partial charge in [-0.1, -0.05) is 26.2 Å². The standard InChI is InChI=1S/C8H16O2/c1-2-3-4-5-7-8(6-9)10-7/h7-9H,2-6H2,1H3/t7-,8?/m0/s1. The maximum atomic E-state index is 8.61. The van der Waals surface area contributed by atoms with Crippen LogP contribution < -0.4 is 0 Å². The molecule has 0 radical (unpaired) electrons. The van der Waals surface area contributed by atoms with E-state index >= 15 is 0 Å². The molecular formula is C8H16O2. The second-order valence-corrected chi connectivity index (χ2v) is 2.89. The number of unbranched alkanes of at least 4 members (excludes halogenated alkanes) is 2. The average Bonchev–Trinajstić information content (AvgIpc) is 2.68. The van der Waals surface area contributed by atoms with Crippen LogP contribution >= 0.6 is 0 Å². The summed E-state index contributed by atoms with van der Waals surface area (Å²) >= 11 is 0. The van der Waals surface area contributed by atoms with E-state index in [1.807, 2.05) is 0 Å². The van der Waals surface area contributed by atoms with Gasteiger partial charge >= 0.3 is 0 Å². The van der Waals surface area contributed by atoms with Gasteiger partial charge in [-0.3, -0.25) is 0 Å². The second-order valence-electron chi connectivity index (χ2n) is 2.89. The Hall–Kier alpha value is -0.0800. The number of hydrogen-bond acceptors (Lipinski definition) is 2. The third-order valence-electron chi connectivity index (χ3n) is 1.96. The van der Waals surface area contributed by atoms with E-state index in [1.165, 1.54) is 19.3 Å². The SMILES string of the molecule is CCCCC[C@@H]1OC1CO. The summed E-state index contributed by atoms with van der Waals surface area (Å²) in [6, 6.07) is 0. The van der Waals surface area contributed by atoms with Crippen molar-refractivity contribution in [2.24, 2.45) is 0 Å². The van der Waals surface area contributed by atoms with Crippen molar-refractivity contribution in [3.05, 3.63) is 0 Å². The summed E-state index contributed by atoms with van der Waals surface area (Å²) in [6.07, 6.45) is 5.50. The third-order valence-corrected chi connectivity index (χ3v) is 1.96. The van der Waals surface area contributed by atoms with Gasteiger partial charge in [-0.2, -0.15) is 0 Å². The molecule has 1 saturated heterocycles. The molecule has 1 N–H and O–H groups in total. The lowest BCUT2D eigenvalue weighted by atomic mass is 10.1. The molecule has 0 saturated carbocycles. The van der Waals surface area contributed by atoms with Crippen molar-refractivity contribution in [3.63, 3.8) is 0 Å². The maximum Gasteiger partial charge on any atom is 0.107 e. The molecule has 0 aromatic carbocycles. The van der Waals surface area contributed by atoms with Crippen molar-refractivity contribution in [2.75, 3.05) is 6.61 Å². The lowest BCUT2D eigenvalue weighted by molar-refractivity contribution is 0.241. The Morgan fingerprint density at radius 3 is 2.60 bits per heavy atom. The lowest BCUT2D eigenvalue weighted by Crippen LogP contribution is -1.98. The molecule has 2 atom stereocenters. The molecule has 0 bridgehead atoms. The van der Waals surface area contributed by atoms with Crippen LogP contribution in [-0.2, 0) is 4.74 Å². The van der Waals surface area contributed by atoms with Gasteiger partial charge in [-0.15, -0.1) is 0 Å². The Morgan fingerprint density at radius 2 is 2.10 bits per heavy atom. The minimum Gasteiger partial charge on any atom is -0.394 e. The van der Waals surface area contributed by atoms with Crippen molar-refractivity contribution >= 4 is 0 Å². The van der Waals surface area contributed by atoms with Crippen LogP contribution in [0.5, 0.6) is 0 Å². The minimum absolute atomic E-state index is 0.178. The molecule has 0 aliphatic carbocycles. The van der Waals surface area contributed by atoms with Gasteiger partial charge in [0.05, 0.1) is 12.7 Å². The van der Waals surface area contributed by atoms with Gasteiger partial charge in [0.15, 0.2) is 0 Å². The highest BCUT2D eigenvalue weighted by atomic mass is 16.6. The van der Waals surface area contributed by atoms with E-state index in [0.29, 0.717) is 6.10 Å². The Bertz CT molecular complexity index is 93.3. The molecule has 2 nitrogen and oxygen atoms in total. The summed E-state index contributed by atoms with van der Waals surface area (Å²) in [4.78, 5) is 0. The summed E-state index contributed by atoms with van der Waals surface area (Å²) in [6.45, 7) is 2.40. The van der Waals surface area contributed by atoms with E-state index < -0.39 is 0 Å². The summed E-state index contributed by atoms with van der Waals surface area (Å²) in [5.74, 6) is 0. The first kappa shape index (κ1) is 8.02. The van der Waals surface area contributed by atoms with Gasteiger partial charge in [0.1, 0.15) is 6.10 Å². The Morgan fingerprint density at radius 1 is 1.30 bits per heavy atom. The molecular weight excluding hydrogens is 128 g/mol. The number of ether oxygens (including phenoxy) is 1. The number of epoxide rings is 1. The van der Waals surface area contributed by atoms with Crippen LogP contribution in [0.2, 0.25) is 0 Å². The topological polar surface area (TPSA) is 32.8 Å². The third kappa shape index (κ3) is 2.27. The number of hydrogen-bond donors (Lipinski definition) is 1.